The maximum atomic E-state index is 10.8. The Bertz CT molecular complexity index is 155. The van der Waals surface area contributed by atoms with Gasteiger partial charge < -0.3 is 0 Å². The maximum absolute atomic E-state index is 10.8. The van der Waals surface area contributed by atoms with Crippen molar-refractivity contribution in [3.05, 3.63) is 0 Å². The Hall–Kier alpha value is -0.950. The molecule has 0 radical (unpaired) electrons. The highest BCUT2D eigenvalue weighted by atomic mass is 16.2. The molecular weight excluding hydrogens is 130 g/mol. The highest BCUT2D eigenvalue weighted by Crippen LogP contribution is 2.08. The van der Waals surface area contributed by atoms with E-state index in [1.807, 2.05) is 13.8 Å². The largest absolute Gasteiger partial charge is 0.271 e. The van der Waals surface area contributed by atoms with Gasteiger partial charge in [-0.3, -0.25) is 4.79 Å². The molecular formula is C7H11NO2. The van der Waals surface area contributed by atoms with Crippen LogP contribution in [0.5, 0.6) is 0 Å². The minimum Gasteiger partial charge on any atom is -0.271 e. The molecule has 10 heavy (non-hydrogen) atoms. The van der Waals surface area contributed by atoms with Gasteiger partial charge in [-0.1, -0.05) is 13.8 Å². The van der Waals surface area contributed by atoms with E-state index in [9.17, 15) is 9.59 Å². The Morgan fingerprint density at radius 3 is 2.30 bits per heavy atom. The number of hydrogen-bond donors (Lipinski definition) is 0. The van der Waals surface area contributed by atoms with Crippen LogP contribution in [0, 0.1) is 5.92 Å². The van der Waals surface area contributed by atoms with Crippen molar-refractivity contribution < 1.29 is 9.59 Å². The zero-order valence-electron chi connectivity index (χ0n) is 6.26. The van der Waals surface area contributed by atoms with Crippen LogP contribution in [0.15, 0.2) is 4.99 Å². The van der Waals surface area contributed by atoms with Gasteiger partial charge in [0.2, 0.25) is 6.08 Å². The first kappa shape index (κ1) is 9.05. The van der Waals surface area contributed by atoms with E-state index >= 15 is 0 Å². The molecule has 3 heteroatoms. The molecule has 3 nitrogen and oxygen atoms in total. The van der Waals surface area contributed by atoms with Crippen LogP contribution < -0.4 is 0 Å². The average Bonchev–Trinajstić information content (AvgIpc) is 1.91. The topological polar surface area (TPSA) is 46.5 Å². The molecule has 0 spiro atoms. The molecule has 0 saturated heterocycles. The summed E-state index contributed by atoms with van der Waals surface area (Å²) in [6.45, 7) is 3.79. The molecule has 0 aliphatic rings. The Morgan fingerprint density at radius 1 is 1.50 bits per heavy atom. The molecule has 0 atom stereocenters. The van der Waals surface area contributed by atoms with Crippen LogP contribution >= 0.6 is 0 Å². The quantitative estimate of drug-likeness (QED) is 0.439. The number of rotatable bonds is 3. The lowest BCUT2D eigenvalue weighted by molar-refractivity contribution is -0.121. The molecule has 0 aromatic heterocycles. The van der Waals surface area contributed by atoms with E-state index in [4.69, 9.17) is 0 Å². The third kappa shape index (κ3) is 2.55. The molecule has 56 valence electrons. The normalized spacial score (nSPS) is 9.10. The fourth-order valence-electron chi connectivity index (χ4n) is 0.774. The van der Waals surface area contributed by atoms with Crippen molar-refractivity contribution in [1.82, 2.24) is 0 Å². The van der Waals surface area contributed by atoms with Gasteiger partial charge in [0, 0.05) is 5.92 Å². The van der Waals surface area contributed by atoms with Gasteiger partial charge in [0.1, 0.15) is 0 Å². The number of carbonyl (C=O) groups excluding carboxylic acids is 2. The van der Waals surface area contributed by atoms with Gasteiger partial charge in [-0.25, -0.2) is 4.79 Å². The van der Waals surface area contributed by atoms with Crippen molar-refractivity contribution in [2.24, 2.45) is 10.9 Å². The molecule has 0 unspecified atom stereocenters. The number of nitrogens with zero attached hydrogens (tertiary/aromatic N) is 1. The molecule has 0 aliphatic carbocycles. The number of aliphatic imine (C=N–C) groups is 1. The van der Waals surface area contributed by atoms with E-state index in [1.54, 1.807) is 0 Å². The number of carbonyl (C=O) groups is 1. The summed E-state index contributed by atoms with van der Waals surface area (Å²) < 4.78 is 0. The molecule has 0 rings (SSSR count). The SMILES string of the molecule is CCC(CC)C(=O)N=C=O. The van der Waals surface area contributed by atoms with E-state index in [2.05, 4.69) is 4.99 Å². The first-order valence-corrected chi connectivity index (χ1v) is 3.37. The van der Waals surface area contributed by atoms with Gasteiger partial charge in [-0.2, -0.15) is 0 Å². The number of isocyanates is 1. The molecule has 0 N–H and O–H groups in total. The van der Waals surface area contributed by atoms with Crippen LogP contribution in [-0.4, -0.2) is 12.0 Å². The van der Waals surface area contributed by atoms with Crippen molar-refractivity contribution in [1.29, 1.82) is 0 Å². The minimum atomic E-state index is -0.347. The van der Waals surface area contributed by atoms with Crippen LogP contribution in [0.2, 0.25) is 0 Å². The third-order valence-corrected chi connectivity index (χ3v) is 1.49. The van der Waals surface area contributed by atoms with Gasteiger partial charge in [0.25, 0.3) is 5.91 Å². The predicted molar refractivity (Wildman–Crippen MR) is 37.2 cm³/mol. The molecule has 0 aromatic rings. The third-order valence-electron chi connectivity index (χ3n) is 1.49. The van der Waals surface area contributed by atoms with Gasteiger partial charge in [0.15, 0.2) is 0 Å². The highest BCUT2D eigenvalue weighted by molar-refractivity contribution is 5.83. The standard InChI is InChI=1S/C7H11NO2/c1-3-6(4-2)7(10)8-5-9/h6H,3-4H2,1-2H3. The van der Waals surface area contributed by atoms with E-state index in [0.29, 0.717) is 0 Å². The van der Waals surface area contributed by atoms with Crippen molar-refractivity contribution in [3.63, 3.8) is 0 Å². The van der Waals surface area contributed by atoms with E-state index in [1.165, 1.54) is 6.08 Å². The fourth-order valence-corrected chi connectivity index (χ4v) is 0.774. The van der Waals surface area contributed by atoms with Crippen molar-refractivity contribution in [2.75, 3.05) is 0 Å². The van der Waals surface area contributed by atoms with E-state index in [-0.39, 0.29) is 11.8 Å². The van der Waals surface area contributed by atoms with Gasteiger partial charge >= 0.3 is 0 Å². The Balaban J connectivity index is 4.01. The second kappa shape index (κ2) is 4.89. The predicted octanol–water partition coefficient (Wildman–Crippen LogP) is 1.29. The minimum absolute atomic E-state index is 0.0959. The second-order valence-corrected chi connectivity index (χ2v) is 2.05. The first-order chi connectivity index (χ1) is 4.76. The molecule has 0 aliphatic heterocycles. The van der Waals surface area contributed by atoms with Crippen LogP contribution in [0.3, 0.4) is 0 Å². The van der Waals surface area contributed by atoms with Gasteiger partial charge in [-0.05, 0) is 12.8 Å². The smallest absolute Gasteiger partial charge is 0.259 e. The molecule has 0 bridgehead atoms. The van der Waals surface area contributed by atoms with Crippen LogP contribution in [0.25, 0.3) is 0 Å². The van der Waals surface area contributed by atoms with Crippen LogP contribution in [0.4, 0.5) is 0 Å². The fraction of sp³-hybridized carbons (Fsp3) is 0.714. The van der Waals surface area contributed by atoms with Crippen molar-refractivity contribution in [2.45, 2.75) is 26.7 Å². The molecule has 0 aromatic carbocycles. The van der Waals surface area contributed by atoms with Crippen molar-refractivity contribution in [3.8, 4) is 0 Å². The van der Waals surface area contributed by atoms with Gasteiger partial charge in [0.05, 0.1) is 0 Å². The van der Waals surface area contributed by atoms with Crippen molar-refractivity contribution >= 4 is 12.0 Å². The maximum Gasteiger partial charge on any atom is 0.259 e. The Kier molecular flexibility index (Phi) is 4.42. The average molecular weight is 141 g/mol. The lowest BCUT2D eigenvalue weighted by Crippen LogP contribution is -2.09. The van der Waals surface area contributed by atoms with Gasteiger partial charge in [-0.15, -0.1) is 4.99 Å². The number of amides is 1. The summed E-state index contributed by atoms with van der Waals surface area (Å²) in [5.41, 5.74) is 0. The zero-order chi connectivity index (χ0) is 7.98. The molecule has 0 heterocycles. The second-order valence-electron chi connectivity index (χ2n) is 2.05. The zero-order valence-corrected chi connectivity index (χ0v) is 6.26. The van der Waals surface area contributed by atoms with Crippen LogP contribution in [0.1, 0.15) is 26.7 Å². The lowest BCUT2D eigenvalue weighted by atomic mass is 10.0. The first-order valence-electron chi connectivity index (χ1n) is 3.37. The molecule has 0 fully saturated rings. The lowest BCUT2D eigenvalue weighted by Gasteiger charge is -2.03. The molecule has 0 saturated carbocycles. The summed E-state index contributed by atoms with van der Waals surface area (Å²) in [7, 11) is 0. The van der Waals surface area contributed by atoms with Crippen LogP contribution in [-0.2, 0) is 9.59 Å². The van der Waals surface area contributed by atoms with E-state index < -0.39 is 0 Å². The monoisotopic (exact) mass is 141 g/mol. The summed E-state index contributed by atoms with van der Waals surface area (Å²) in [5, 5.41) is 0. The number of hydrogen-bond acceptors (Lipinski definition) is 2. The summed E-state index contributed by atoms with van der Waals surface area (Å²) in [5.74, 6) is -0.443. The Morgan fingerprint density at radius 2 is 2.00 bits per heavy atom. The molecule has 1 amide bonds. The summed E-state index contributed by atoms with van der Waals surface area (Å²) in [6.07, 6.45) is 2.72. The summed E-state index contributed by atoms with van der Waals surface area (Å²) in [6, 6.07) is 0. The highest BCUT2D eigenvalue weighted by Gasteiger charge is 2.11. The van der Waals surface area contributed by atoms with E-state index in [0.717, 1.165) is 12.8 Å². The Labute approximate surface area is 60.1 Å². The summed E-state index contributed by atoms with van der Waals surface area (Å²) >= 11 is 0. The summed E-state index contributed by atoms with van der Waals surface area (Å²) in [4.78, 5) is 23.4.